The van der Waals surface area contributed by atoms with Crippen molar-refractivity contribution in [2.24, 2.45) is 0 Å². The molecule has 0 aliphatic rings. The van der Waals surface area contributed by atoms with Crippen LogP contribution in [0.25, 0.3) is 11.1 Å². The van der Waals surface area contributed by atoms with Crippen LogP contribution in [0.2, 0.25) is 5.02 Å². The van der Waals surface area contributed by atoms with Gasteiger partial charge in [0.25, 0.3) is 0 Å². The van der Waals surface area contributed by atoms with E-state index in [9.17, 15) is 4.79 Å². The second-order valence-corrected chi connectivity index (χ2v) is 3.87. The number of rotatable bonds is 3. The molecule has 17 heavy (non-hydrogen) atoms. The van der Waals surface area contributed by atoms with E-state index in [2.05, 4.69) is 9.97 Å². The van der Waals surface area contributed by atoms with Crippen LogP contribution in [0, 0.1) is 0 Å². The average Bonchev–Trinajstić information content (AvgIpc) is 2.32. The summed E-state index contributed by atoms with van der Waals surface area (Å²) in [6, 6.07) is 5.39. The molecule has 2 rings (SSSR count). The third-order valence-electron chi connectivity index (χ3n) is 2.25. The number of nitrogens with zero attached hydrogens (tertiary/aromatic N) is 2. The standard InChI is InChI=1S/C12H9ClN2O2/c13-10-5-9(8-1-3-14-4-2-8)7-15-11(10)6-12(16)17/h1-5,7H,6H2,(H,16,17). The van der Waals surface area contributed by atoms with E-state index in [1.807, 2.05) is 12.1 Å². The lowest BCUT2D eigenvalue weighted by molar-refractivity contribution is -0.136. The van der Waals surface area contributed by atoms with Gasteiger partial charge >= 0.3 is 5.97 Å². The number of aromatic nitrogens is 2. The fraction of sp³-hybridized carbons (Fsp3) is 0.0833. The quantitative estimate of drug-likeness (QED) is 0.906. The SMILES string of the molecule is O=C(O)Cc1ncc(-c2ccncc2)cc1Cl. The van der Waals surface area contributed by atoms with Gasteiger partial charge < -0.3 is 5.11 Å². The van der Waals surface area contributed by atoms with Gasteiger partial charge in [-0.1, -0.05) is 11.6 Å². The van der Waals surface area contributed by atoms with Gasteiger partial charge in [0.1, 0.15) is 0 Å². The third-order valence-corrected chi connectivity index (χ3v) is 2.58. The number of hydrogen-bond acceptors (Lipinski definition) is 3. The molecule has 1 N–H and O–H groups in total. The van der Waals surface area contributed by atoms with E-state index in [0.717, 1.165) is 11.1 Å². The van der Waals surface area contributed by atoms with Crippen LogP contribution in [0.3, 0.4) is 0 Å². The molecule has 0 unspecified atom stereocenters. The van der Waals surface area contributed by atoms with Crippen LogP contribution in [0.5, 0.6) is 0 Å². The third kappa shape index (κ3) is 2.79. The van der Waals surface area contributed by atoms with Crippen molar-refractivity contribution in [2.45, 2.75) is 6.42 Å². The molecule has 0 saturated carbocycles. The van der Waals surface area contributed by atoms with Crippen molar-refractivity contribution >= 4 is 17.6 Å². The molecule has 2 aromatic rings. The molecule has 0 aromatic carbocycles. The molecule has 4 nitrogen and oxygen atoms in total. The molecule has 0 bridgehead atoms. The van der Waals surface area contributed by atoms with Crippen molar-refractivity contribution in [2.75, 3.05) is 0 Å². The van der Waals surface area contributed by atoms with Crippen molar-refractivity contribution in [1.82, 2.24) is 9.97 Å². The van der Waals surface area contributed by atoms with E-state index >= 15 is 0 Å². The lowest BCUT2D eigenvalue weighted by Gasteiger charge is -2.04. The van der Waals surface area contributed by atoms with Crippen molar-refractivity contribution in [3.63, 3.8) is 0 Å². The number of aliphatic carboxylic acids is 1. The largest absolute Gasteiger partial charge is 0.481 e. The second-order valence-electron chi connectivity index (χ2n) is 3.46. The molecule has 86 valence electrons. The first-order valence-electron chi connectivity index (χ1n) is 4.93. The fourth-order valence-corrected chi connectivity index (χ4v) is 1.67. The topological polar surface area (TPSA) is 63.1 Å². The monoisotopic (exact) mass is 248 g/mol. The van der Waals surface area contributed by atoms with Gasteiger partial charge in [0, 0.05) is 24.2 Å². The molecule has 2 heterocycles. The molecule has 0 spiro atoms. The van der Waals surface area contributed by atoms with E-state index in [1.165, 1.54) is 0 Å². The van der Waals surface area contributed by atoms with E-state index in [0.29, 0.717) is 10.7 Å². The average molecular weight is 249 g/mol. The molecule has 0 aliphatic heterocycles. The summed E-state index contributed by atoms with van der Waals surface area (Å²) >= 11 is 5.98. The van der Waals surface area contributed by atoms with Crippen LogP contribution in [0.4, 0.5) is 0 Å². The summed E-state index contributed by atoms with van der Waals surface area (Å²) in [6.07, 6.45) is 4.79. The highest BCUT2D eigenvalue weighted by Crippen LogP contribution is 2.23. The molecule has 0 amide bonds. The van der Waals surface area contributed by atoms with Crippen LogP contribution in [0.1, 0.15) is 5.69 Å². The minimum Gasteiger partial charge on any atom is -0.481 e. The van der Waals surface area contributed by atoms with Gasteiger partial charge in [0.2, 0.25) is 0 Å². The maximum Gasteiger partial charge on any atom is 0.309 e. The lowest BCUT2D eigenvalue weighted by atomic mass is 10.1. The fourth-order valence-electron chi connectivity index (χ4n) is 1.44. The molecule has 0 fully saturated rings. The molecule has 0 atom stereocenters. The van der Waals surface area contributed by atoms with Crippen LogP contribution in [-0.4, -0.2) is 21.0 Å². The zero-order valence-corrected chi connectivity index (χ0v) is 9.55. The molecule has 5 heteroatoms. The Morgan fingerprint density at radius 1 is 1.29 bits per heavy atom. The van der Waals surface area contributed by atoms with E-state index in [1.54, 1.807) is 24.7 Å². The number of hydrogen-bond donors (Lipinski definition) is 1. The van der Waals surface area contributed by atoms with E-state index in [-0.39, 0.29) is 6.42 Å². The Morgan fingerprint density at radius 2 is 2.00 bits per heavy atom. The predicted octanol–water partition coefficient (Wildman–Crippen LogP) is 2.42. The van der Waals surface area contributed by atoms with Gasteiger partial charge in [-0.05, 0) is 23.8 Å². The summed E-state index contributed by atoms with van der Waals surface area (Å²) < 4.78 is 0. The number of pyridine rings is 2. The highest BCUT2D eigenvalue weighted by atomic mass is 35.5. The Bertz CT molecular complexity index is 543. The first-order chi connectivity index (χ1) is 8.16. The summed E-state index contributed by atoms with van der Waals surface area (Å²) in [4.78, 5) is 18.5. The molecule has 2 aromatic heterocycles. The molecule has 0 radical (unpaired) electrons. The van der Waals surface area contributed by atoms with Gasteiger partial charge in [-0.25, -0.2) is 0 Å². The van der Waals surface area contributed by atoms with Crippen LogP contribution < -0.4 is 0 Å². The zero-order valence-electron chi connectivity index (χ0n) is 8.80. The first-order valence-corrected chi connectivity index (χ1v) is 5.31. The van der Waals surface area contributed by atoms with Crippen LogP contribution in [0.15, 0.2) is 36.8 Å². The molecule has 0 saturated heterocycles. The highest BCUT2D eigenvalue weighted by Gasteiger charge is 2.08. The van der Waals surface area contributed by atoms with Crippen LogP contribution >= 0.6 is 11.6 Å². The number of carbonyl (C=O) groups is 1. The number of carboxylic acid groups (broad SMARTS) is 1. The Balaban J connectivity index is 2.34. The van der Waals surface area contributed by atoms with Gasteiger partial charge in [0.05, 0.1) is 17.1 Å². The van der Waals surface area contributed by atoms with Crippen LogP contribution in [-0.2, 0) is 11.2 Å². The summed E-state index contributed by atoms with van der Waals surface area (Å²) in [6.45, 7) is 0. The van der Waals surface area contributed by atoms with Gasteiger partial charge in [-0.15, -0.1) is 0 Å². The molecule has 0 aliphatic carbocycles. The minimum absolute atomic E-state index is 0.171. The minimum atomic E-state index is -0.948. The van der Waals surface area contributed by atoms with E-state index in [4.69, 9.17) is 16.7 Å². The van der Waals surface area contributed by atoms with Crippen molar-refractivity contribution in [3.8, 4) is 11.1 Å². The molecular formula is C12H9ClN2O2. The van der Waals surface area contributed by atoms with Crippen molar-refractivity contribution in [3.05, 3.63) is 47.5 Å². The van der Waals surface area contributed by atoms with Gasteiger partial charge in [0.15, 0.2) is 0 Å². The lowest BCUT2D eigenvalue weighted by Crippen LogP contribution is -2.03. The second kappa shape index (κ2) is 4.93. The van der Waals surface area contributed by atoms with E-state index < -0.39 is 5.97 Å². The van der Waals surface area contributed by atoms with Gasteiger partial charge in [-0.2, -0.15) is 0 Å². The molecular weight excluding hydrogens is 240 g/mol. The summed E-state index contributed by atoms with van der Waals surface area (Å²) in [5.74, 6) is -0.948. The van der Waals surface area contributed by atoms with Crippen molar-refractivity contribution < 1.29 is 9.90 Å². The Morgan fingerprint density at radius 3 is 2.59 bits per heavy atom. The summed E-state index contributed by atoms with van der Waals surface area (Å²) in [5.41, 5.74) is 2.15. The maximum atomic E-state index is 10.6. The Labute approximate surface area is 103 Å². The predicted molar refractivity (Wildman–Crippen MR) is 63.8 cm³/mol. The number of halogens is 1. The normalized spacial score (nSPS) is 10.2. The van der Waals surface area contributed by atoms with Gasteiger partial charge in [-0.3, -0.25) is 14.8 Å². The highest BCUT2D eigenvalue weighted by molar-refractivity contribution is 6.31. The Hall–Kier alpha value is -1.94. The first kappa shape index (κ1) is 11.5. The smallest absolute Gasteiger partial charge is 0.309 e. The summed E-state index contributed by atoms with van der Waals surface area (Å²) in [5, 5.41) is 9.03. The number of carboxylic acids is 1. The maximum absolute atomic E-state index is 10.6. The van der Waals surface area contributed by atoms with Crippen molar-refractivity contribution in [1.29, 1.82) is 0 Å². The zero-order chi connectivity index (χ0) is 12.3. The summed E-state index contributed by atoms with van der Waals surface area (Å²) in [7, 11) is 0. The Kier molecular flexibility index (Phi) is 3.35.